The number of pyridine rings is 1. The van der Waals surface area contributed by atoms with Crippen molar-refractivity contribution in [1.29, 1.82) is 0 Å². The number of carbonyl (C=O) groups excluding carboxylic acids is 1. The third-order valence-electron chi connectivity index (χ3n) is 6.12. The van der Waals surface area contributed by atoms with Gasteiger partial charge in [0.15, 0.2) is 0 Å². The van der Waals surface area contributed by atoms with Crippen LogP contribution >= 0.6 is 0 Å². The number of likely N-dealkylation sites (tertiary alicyclic amines) is 1. The van der Waals surface area contributed by atoms with E-state index >= 15 is 0 Å². The number of aliphatic imine (C=N–C) groups is 1. The largest absolute Gasteiger partial charge is 0.380 e. The molecule has 2 aliphatic heterocycles. The summed E-state index contributed by atoms with van der Waals surface area (Å²) in [5.74, 6) is 6.11. The third kappa shape index (κ3) is 4.91. The normalized spacial score (nSPS) is 20.1. The Morgan fingerprint density at radius 2 is 2.10 bits per heavy atom. The van der Waals surface area contributed by atoms with E-state index in [2.05, 4.69) is 32.2 Å². The molecule has 1 amide bonds. The van der Waals surface area contributed by atoms with Gasteiger partial charge in [-0.3, -0.25) is 9.79 Å². The van der Waals surface area contributed by atoms with E-state index in [0.29, 0.717) is 11.5 Å². The molecule has 0 bridgehead atoms. The lowest BCUT2D eigenvalue weighted by Crippen LogP contribution is -2.51. The summed E-state index contributed by atoms with van der Waals surface area (Å²) in [7, 11) is 1.68. The molecule has 2 fully saturated rings. The smallest absolute Gasteiger partial charge is 0.228 e. The molecule has 3 heterocycles. The molecule has 2 aliphatic rings. The van der Waals surface area contributed by atoms with Crippen molar-refractivity contribution in [1.82, 2.24) is 9.88 Å². The van der Waals surface area contributed by atoms with Crippen LogP contribution in [0.5, 0.6) is 0 Å². The van der Waals surface area contributed by atoms with Crippen LogP contribution in [0.1, 0.15) is 25.3 Å². The van der Waals surface area contributed by atoms with Gasteiger partial charge >= 0.3 is 0 Å². The number of nitrogens with one attached hydrogen (secondary N) is 1. The Labute approximate surface area is 182 Å². The van der Waals surface area contributed by atoms with Crippen molar-refractivity contribution < 1.29 is 9.53 Å². The highest BCUT2D eigenvalue weighted by molar-refractivity contribution is 6.38. The molecule has 0 atom stereocenters. The number of nitrogens with two attached hydrogens (primary N) is 1. The maximum atomic E-state index is 12.8. The predicted molar refractivity (Wildman–Crippen MR) is 124 cm³/mol. The van der Waals surface area contributed by atoms with E-state index < -0.39 is 0 Å². The van der Waals surface area contributed by atoms with Crippen molar-refractivity contribution in [3.8, 4) is 0 Å². The number of hydrogen-bond donors (Lipinski definition) is 2. The first-order valence-electron chi connectivity index (χ1n) is 10.7. The monoisotopic (exact) mass is 422 g/mol. The zero-order valence-electron chi connectivity index (χ0n) is 18.2. The molecule has 0 radical (unpaired) electrons. The van der Waals surface area contributed by atoms with Crippen LogP contribution in [0.3, 0.4) is 0 Å². The molecule has 0 saturated carbocycles. The molecule has 2 saturated heterocycles. The lowest BCUT2D eigenvalue weighted by atomic mass is 9.86. The molecule has 8 nitrogen and oxygen atoms in total. The van der Waals surface area contributed by atoms with Crippen LogP contribution in [0.15, 0.2) is 40.6 Å². The molecular weight excluding hydrogens is 392 g/mol. The molecule has 0 unspecified atom stereocenters. The first-order valence-corrected chi connectivity index (χ1v) is 10.7. The minimum Gasteiger partial charge on any atom is -0.380 e. The Bertz CT molecular complexity index is 1010. The molecule has 8 heteroatoms. The molecule has 31 heavy (non-hydrogen) atoms. The van der Waals surface area contributed by atoms with E-state index in [1.54, 1.807) is 19.5 Å². The fraction of sp³-hybridized carbons (Fsp3) is 0.478. The van der Waals surface area contributed by atoms with Crippen molar-refractivity contribution in [3.63, 3.8) is 0 Å². The van der Waals surface area contributed by atoms with E-state index in [-0.39, 0.29) is 17.2 Å². The number of rotatable bonds is 6. The van der Waals surface area contributed by atoms with Crippen LogP contribution in [-0.2, 0) is 9.53 Å². The zero-order chi connectivity index (χ0) is 21.8. The van der Waals surface area contributed by atoms with E-state index in [4.69, 9.17) is 10.6 Å². The number of hydrogen-bond acceptors (Lipinski definition) is 7. The van der Waals surface area contributed by atoms with Gasteiger partial charge in [-0.15, -0.1) is 0 Å². The summed E-state index contributed by atoms with van der Waals surface area (Å²) in [6.07, 6.45) is 5.13. The first kappa shape index (κ1) is 21.4. The predicted octanol–water partition coefficient (Wildman–Crippen LogP) is 2.29. The topological polar surface area (TPSA) is 105 Å². The van der Waals surface area contributed by atoms with E-state index in [9.17, 15) is 4.79 Å². The number of aromatic nitrogens is 1. The van der Waals surface area contributed by atoms with Crippen LogP contribution in [0, 0.1) is 11.3 Å². The van der Waals surface area contributed by atoms with Crippen LogP contribution in [-0.4, -0.2) is 67.6 Å². The standard InChI is InChI=1S/C23H30N6O2/c1-23(14-31-15-23)13-29-7-5-16(6-8-29)22(30)27-21-10-19-9-17(20(28-24)12-25-2)3-4-18(19)11-26-21/h3-4,9-12,16H,5-8,13-15,24H2,1-2H3,(H,26,27,30). The number of anilines is 1. The van der Waals surface area contributed by atoms with Gasteiger partial charge in [0.1, 0.15) is 11.5 Å². The highest BCUT2D eigenvalue weighted by Gasteiger charge is 2.36. The average Bonchev–Trinajstić information content (AvgIpc) is 2.76. The fourth-order valence-electron chi connectivity index (χ4n) is 4.34. The molecular formula is C23H30N6O2. The second-order valence-electron chi connectivity index (χ2n) is 8.88. The Balaban J connectivity index is 1.39. The molecule has 1 aromatic carbocycles. The van der Waals surface area contributed by atoms with Crippen LogP contribution in [0.2, 0.25) is 0 Å². The molecule has 0 aliphatic carbocycles. The highest BCUT2D eigenvalue weighted by Crippen LogP contribution is 2.30. The van der Waals surface area contributed by atoms with Crippen molar-refractivity contribution >= 4 is 34.4 Å². The van der Waals surface area contributed by atoms with Gasteiger partial charge in [-0.05, 0) is 43.5 Å². The molecule has 1 aromatic heterocycles. The summed E-state index contributed by atoms with van der Waals surface area (Å²) in [6, 6.07) is 7.75. The van der Waals surface area contributed by atoms with Crippen LogP contribution in [0.25, 0.3) is 10.8 Å². The van der Waals surface area contributed by atoms with Gasteiger partial charge in [-0.2, -0.15) is 5.10 Å². The SMILES string of the molecule is CN=CC(=NN)c1ccc2cnc(NC(=O)C3CCN(CC4(C)COC4)CC3)cc2c1. The summed E-state index contributed by atoms with van der Waals surface area (Å²) in [5, 5.41) is 8.74. The van der Waals surface area contributed by atoms with Crippen LogP contribution in [0.4, 0.5) is 5.82 Å². The number of piperidine rings is 1. The summed E-state index contributed by atoms with van der Waals surface area (Å²) < 4.78 is 5.36. The summed E-state index contributed by atoms with van der Waals surface area (Å²) in [6.45, 7) is 6.89. The van der Waals surface area contributed by atoms with Crippen LogP contribution < -0.4 is 11.2 Å². The van der Waals surface area contributed by atoms with Gasteiger partial charge in [0.25, 0.3) is 0 Å². The minimum atomic E-state index is 0.0160. The van der Waals surface area contributed by atoms with E-state index in [1.807, 2.05) is 24.3 Å². The Kier molecular flexibility index (Phi) is 6.29. The second-order valence-corrected chi connectivity index (χ2v) is 8.88. The lowest BCUT2D eigenvalue weighted by Gasteiger charge is -2.43. The minimum absolute atomic E-state index is 0.0160. The Morgan fingerprint density at radius 1 is 1.32 bits per heavy atom. The number of benzene rings is 1. The van der Waals surface area contributed by atoms with Gasteiger partial charge < -0.3 is 20.8 Å². The van der Waals surface area contributed by atoms with Gasteiger partial charge in [0.2, 0.25) is 5.91 Å². The lowest BCUT2D eigenvalue weighted by molar-refractivity contribution is -0.125. The van der Waals surface area contributed by atoms with Gasteiger partial charge in [-0.1, -0.05) is 19.1 Å². The fourth-order valence-corrected chi connectivity index (χ4v) is 4.34. The quantitative estimate of drug-likeness (QED) is 0.422. The summed E-state index contributed by atoms with van der Waals surface area (Å²) >= 11 is 0. The Hall–Kier alpha value is -2.84. The molecule has 3 N–H and O–H groups in total. The van der Waals surface area contributed by atoms with Crippen molar-refractivity contribution in [3.05, 3.63) is 36.0 Å². The molecule has 0 spiro atoms. The second kappa shape index (κ2) is 9.11. The number of fused-ring (bicyclic) bond motifs is 1. The molecule has 2 aromatic rings. The maximum Gasteiger partial charge on any atom is 0.228 e. The number of ether oxygens (including phenoxy) is 1. The van der Waals surface area contributed by atoms with E-state index in [0.717, 1.165) is 62.0 Å². The number of carbonyl (C=O) groups is 1. The number of nitrogens with zero attached hydrogens (tertiary/aromatic N) is 4. The van der Waals surface area contributed by atoms with Gasteiger partial charge in [0, 0.05) is 48.3 Å². The summed E-state index contributed by atoms with van der Waals surface area (Å²) in [4.78, 5) is 23.7. The van der Waals surface area contributed by atoms with Gasteiger partial charge in [-0.25, -0.2) is 4.98 Å². The molecule has 4 rings (SSSR count). The first-order chi connectivity index (χ1) is 15.0. The third-order valence-corrected chi connectivity index (χ3v) is 6.12. The number of amides is 1. The average molecular weight is 423 g/mol. The Morgan fingerprint density at radius 3 is 2.74 bits per heavy atom. The van der Waals surface area contributed by atoms with Crippen molar-refractivity contribution in [2.75, 3.05) is 45.2 Å². The van der Waals surface area contributed by atoms with E-state index in [1.165, 1.54) is 0 Å². The van der Waals surface area contributed by atoms with Gasteiger partial charge in [0.05, 0.1) is 13.2 Å². The van der Waals surface area contributed by atoms with Crippen molar-refractivity contribution in [2.45, 2.75) is 19.8 Å². The zero-order valence-corrected chi connectivity index (χ0v) is 18.2. The summed E-state index contributed by atoms with van der Waals surface area (Å²) in [5.41, 5.74) is 1.74. The number of hydrazone groups is 1. The maximum absolute atomic E-state index is 12.8. The highest BCUT2D eigenvalue weighted by atomic mass is 16.5. The van der Waals surface area contributed by atoms with Crippen molar-refractivity contribution in [2.24, 2.45) is 27.3 Å². The molecule has 164 valence electrons.